The highest BCUT2D eigenvalue weighted by atomic mass is 79.9. The Morgan fingerprint density at radius 2 is 1.91 bits per heavy atom. The minimum absolute atomic E-state index is 0.0356. The number of halogens is 1. The normalized spacial score (nSPS) is 11.3. The summed E-state index contributed by atoms with van der Waals surface area (Å²) in [5.74, 6) is 0.375. The van der Waals surface area contributed by atoms with Crippen LogP contribution in [0.15, 0.2) is 32.3 Å². The van der Waals surface area contributed by atoms with Gasteiger partial charge < -0.3 is 10.1 Å². The highest BCUT2D eigenvalue weighted by Crippen LogP contribution is 2.30. The van der Waals surface area contributed by atoms with Gasteiger partial charge in [0.2, 0.25) is 0 Å². The maximum atomic E-state index is 12.5. The SMILES string of the molecule is CCn1c(=O)c2[nH]c(-c3cc(Br)ccc3O)nc2n(CC)c1=O. The van der Waals surface area contributed by atoms with E-state index in [0.717, 1.165) is 9.04 Å². The number of benzene rings is 1. The highest BCUT2D eigenvalue weighted by molar-refractivity contribution is 9.10. The standard InChI is InChI=1S/C15H15BrN4O3/c1-3-19-13-11(14(22)20(4-2)15(19)23)17-12(18-13)9-7-8(16)5-6-10(9)21/h5-7,21H,3-4H2,1-2H3,(H,17,18). The Morgan fingerprint density at radius 1 is 1.22 bits per heavy atom. The smallest absolute Gasteiger partial charge is 0.332 e. The number of hydrogen-bond donors (Lipinski definition) is 2. The summed E-state index contributed by atoms with van der Waals surface area (Å²) in [5, 5.41) is 10.0. The van der Waals surface area contributed by atoms with Crippen LogP contribution in [-0.4, -0.2) is 24.2 Å². The monoisotopic (exact) mass is 378 g/mol. The summed E-state index contributed by atoms with van der Waals surface area (Å²) in [4.78, 5) is 32.1. The Morgan fingerprint density at radius 3 is 2.57 bits per heavy atom. The third kappa shape index (κ3) is 2.39. The molecule has 0 bridgehead atoms. The molecule has 0 amide bonds. The second-order valence-corrected chi connectivity index (χ2v) is 5.94. The zero-order valence-corrected chi connectivity index (χ0v) is 14.2. The molecule has 0 spiro atoms. The Bertz CT molecular complexity index is 1020. The Hall–Kier alpha value is -2.35. The molecule has 0 fully saturated rings. The lowest BCUT2D eigenvalue weighted by atomic mass is 10.2. The van der Waals surface area contributed by atoms with Crippen molar-refractivity contribution in [2.24, 2.45) is 0 Å². The lowest BCUT2D eigenvalue weighted by Crippen LogP contribution is -2.39. The third-order valence-corrected chi connectivity index (χ3v) is 4.20. The number of rotatable bonds is 3. The quantitative estimate of drug-likeness (QED) is 0.729. The number of imidazole rings is 1. The molecule has 2 aromatic heterocycles. The lowest BCUT2D eigenvalue weighted by molar-refractivity contribution is 0.477. The zero-order valence-electron chi connectivity index (χ0n) is 12.6. The van der Waals surface area contributed by atoms with Gasteiger partial charge in [0.15, 0.2) is 5.65 Å². The summed E-state index contributed by atoms with van der Waals surface area (Å²) < 4.78 is 3.37. The average Bonchev–Trinajstić information content (AvgIpc) is 2.96. The predicted molar refractivity (Wildman–Crippen MR) is 90.8 cm³/mol. The first-order valence-corrected chi connectivity index (χ1v) is 7.99. The van der Waals surface area contributed by atoms with E-state index >= 15 is 0 Å². The lowest BCUT2D eigenvalue weighted by Gasteiger charge is -2.06. The van der Waals surface area contributed by atoms with Gasteiger partial charge in [0.25, 0.3) is 5.56 Å². The fraction of sp³-hybridized carbons (Fsp3) is 0.267. The number of phenols is 1. The molecular weight excluding hydrogens is 364 g/mol. The van der Waals surface area contributed by atoms with Crippen LogP contribution < -0.4 is 11.2 Å². The number of phenolic OH excluding ortho intramolecular Hbond substituents is 1. The van der Waals surface area contributed by atoms with E-state index in [2.05, 4.69) is 25.9 Å². The van der Waals surface area contributed by atoms with Crippen molar-refractivity contribution in [1.29, 1.82) is 0 Å². The minimum Gasteiger partial charge on any atom is -0.507 e. The van der Waals surface area contributed by atoms with Crippen molar-refractivity contribution in [3.05, 3.63) is 43.5 Å². The number of aryl methyl sites for hydroxylation is 1. The molecule has 0 unspecified atom stereocenters. The van der Waals surface area contributed by atoms with Gasteiger partial charge in [-0.15, -0.1) is 0 Å². The molecule has 8 heteroatoms. The van der Waals surface area contributed by atoms with Crippen LogP contribution in [-0.2, 0) is 13.1 Å². The fourth-order valence-corrected chi connectivity index (χ4v) is 2.92. The molecule has 0 radical (unpaired) electrons. The molecule has 2 N–H and O–H groups in total. The maximum Gasteiger partial charge on any atom is 0.332 e. The van der Waals surface area contributed by atoms with Crippen molar-refractivity contribution < 1.29 is 5.11 Å². The van der Waals surface area contributed by atoms with Gasteiger partial charge in [-0.25, -0.2) is 9.78 Å². The van der Waals surface area contributed by atoms with E-state index in [1.807, 2.05) is 6.92 Å². The van der Waals surface area contributed by atoms with Crippen LogP contribution in [0, 0.1) is 0 Å². The van der Waals surface area contributed by atoms with Crippen molar-refractivity contribution in [2.75, 3.05) is 0 Å². The van der Waals surface area contributed by atoms with Crippen molar-refractivity contribution in [3.8, 4) is 17.1 Å². The molecule has 0 aliphatic rings. The molecule has 2 heterocycles. The molecule has 0 atom stereocenters. The minimum atomic E-state index is -0.412. The number of hydrogen-bond acceptors (Lipinski definition) is 4. The number of aromatic amines is 1. The second-order valence-electron chi connectivity index (χ2n) is 5.02. The summed E-state index contributed by atoms with van der Waals surface area (Å²) in [6.45, 7) is 4.23. The molecule has 23 heavy (non-hydrogen) atoms. The first kappa shape index (κ1) is 15.5. The average molecular weight is 379 g/mol. The third-order valence-electron chi connectivity index (χ3n) is 3.71. The number of nitrogens with one attached hydrogen (secondary N) is 1. The van der Waals surface area contributed by atoms with Gasteiger partial charge in [-0.3, -0.25) is 13.9 Å². The fourth-order valence-electron chi connectivity index (χ4n) is 2.56. The number of aromatic hydroxyl groups is 1. The Kier molecular flexibility index (Phi) is 3.85. The van der Waals surface area contributed by atoms with Crippen molar-refractivity contribution in [3.63, 3.8) is 0 Å². The van der Waals surface area contributed by atoms with Crippen molar-refractivity contribution in [2.45, 2.75) is 26.9 Å². The van der Waals surface area contributed by atoms with E-state index in [1.165, 1.54) is 10.6 Å². The van der Waals surface area contributed by atoms with E-state index in [9.17, 15) is 14.7 Å². The molecule has 0 saturated carbocycles. The summed E-state index contributed by atoms with van der Waals surface area (Å²) in [7, 11) is 0. The van der Waals surface area contributed by atoms with Gasteiger partial charge in [0, 0.05) is 17.6 Å². The predicted octanol–water partition coefficient (Wildman–Crippen LogP) is 2.06. The van der Waals surface area contributed by atoms with Crippen LogP contribution in [0.2, 0.25) is 0 Å². The van der Waals surface area contributed by atoms with E-state index in [4.69, 9.17) is 0 Å². The maximum absolute atomic E-state index is 12.5. The van der Waals surface area contributed by atoms with E-state index < -0.39 is 5.56 Å². The Labute approximate surface area is 139 Å². The van der Waals surface area contributed by atoms with Gasteiger partial charge in [0.05, 0.1) is 5.56 Å². The zero-order chi connectivity index (χ0) is 16.7. The molecule has 1 aromatic carbocycles. The molecule has 3 rings (SSSR count). The summed E-state index contributed by atoms with van der Waals surface area (Å²) in [6, 6.07) is 4.93. The van der Waals surface area contributed by atoms with E-state index in [1.54, 1.807) is 19.1 Å². The van der Waals surface area contributed by atoms with Gasteiger partial charge in [-0.05, 0) is 32.0 Å². The van der Waals surface area contributed by atoms with Crippen LogP contribution in [0.3, 0.4) is 0 Å². The van der Waals surface area contributed by atoms with E-state index in [0.29, 0.717) is 23.6 Å². The first-order valence-electron chi connectivity index (χ1n) is 7.20. The highest BCUT2D eigenvalue weighted by Gasteiger charge is 2.18. The Balaban J connectivity index is 2.39. The summed E-state index contributed by atoms with van der Waals surface area (Å²) >= 11 is 3.34. The molecule has 7 nitrogen and oxygen atoms in total. The second kappa shape index (κ2) is 5.69. The largest absolute Gasteiger partial charge is 0.507 e. The van der Waals surface area contributed by atoms with E-state index in [-0.39, 0.29) is 23.5 Å². The van der Waals surface area contributed by atoms with Crippen LogP contribution in [0.4, 0.5) is 0 Å². The number of H-pyrrole nitrogens is 1. The van der Waals surface area contributed by atoms with Crippen molar-refractivity contribution in [1.82, 2.24) is 19.1 Å². The topological polar surface area (TPSA) is 92.9 Å². The molecular formula is C15H15BrN4O3. The van der Waals surface area contributed by atoms with Crippen molar-refractivity contribution >= 4 is 27.1 Å². The number of aromatic nitrogens is 4. The van der Waals surface area contributed by atoms with Crippen LogP contribution >= 0.6 is 15.9 Å². The number of nitrogens with zero attached hydrogens (tertiary/aromatic N) is 3. The molecule has 0 aliphatic carbocycles. The summed E-state index contributed by atoms with van der Waals surface area (Å²) in [6.07, 6.45) is 0. The molecule has 0 aliphatic heterocycles. The van der Waals surface area contributed by atoms with Gasteiger partial charge in [-0.2, -0.15) is 0 Å². The molecule has 120 valence electrons. The van der Waals surface area contributed by atoms with Gasteiger partial charge in [-0.1, -0.05) is 15.9 Å². The number of fused-ring (bicyclic) bond motifs is 1. The van der Waals surface area contributed by atoms with Gasteiger partial charge in [0.1, 0.15) is 17.1 Å². The summed E-state index contributed by atoms with van der Waals surface area (Å²) in [5.41, 5.74) is 0.201. The van der Waals surface area contributed by atoms with Crippen LogP contribution in [0.25, 0.3) is 22.6 Å². The van der Waals surface area contributed by atoms with Crippen LogP contribution in [0.1, 0.15) is 13.8 Å². The van der Waals surface area contributed by atoms with Gasteiger partial charge >= 0.3 is 5.69 Å². The molecule has 3 aromatic rings. The molecule has 0 saturated heterocycles. The van der Waals surface area contributed by atoms with Crippen LogP contribution in [0.5, 0.6) is 5.75 Å². The first-order chi connectivity index (χ1) is 11.0.